The van der Waals surface area contributed by atoms with Crippen LogP contribution in [0.1, 0.15) is 40.0 Å². The first-order valence-corrected chi connectivity index (χ1v) is 4.64. The van der Waals surface area contributed by atoms with Crippen LogP contribution in [0.2, 0.25) is 0 Å². The van der Waals surface area contributed by atoms with Gasteiger partial charge in [0.2, 0.25) is 0 Å². The topological polar surface area (TPSA) is 29.5 Å². The van der Waals surface area contributed by atoms with E-state index in [4.69, 9.17) is 4.74 Å². The molecule has 12 heavy (non-hydrogen) atoms. The second-order valence-electron chi connectivity index (χ2n) is 2.49. The van der Waals surface area contributed by atoms with Gasteiger partial charge in [0.15, 0.2) is 0 Å². The van der Waals surface area contributed by atoms with Gasteiger partial charge in [-0.25, -0.2) is 0 Å². The molecule has 1 aliphatic rings. The van der Waals surface area contributed by atoms with Gasteiger partial charge >= 0.3 is 0 Å². The van der Waals surface area contributed by atoms with Gasteiger partial charge in [-0.15, -0.1) is 0 Å². The summed E-state index contributed by atoms with van der Waals surface area (Å²) in [5.74, 6) is 0. The SMILES string of the molecule is CC.CCO[C@H]1CCC[C@@H]1O.[U]. The first-order chi connectivity index (χ1) is 5.34. The molecule has 0 heterocycles. The quantitative estimate of drug-likeness (QED) is 0.771. The fraction of sp³-hybridized carbons (Fsp3) is 1.00. The molecule has 2 atom stereocenters. The Hall–Kier alpha value is 0.972. The maximum absolute atomic E-state index is 9.20. The number of ether oxygens (including phenoxy) is 1. The fourth-order valence-electron chi connectivity index (χ4n) is 1.31. The minimum atomic E-state index is -0.190. The molecule has 0 amide bonds. The molecule has 1 fully saturated rings. The van der Waals surface area contributed by atoms with Crippen molar-refractivity contribution in [3.05, 3.63) is 0 Å². The Morgan fingerprint density at radius 2 is 1.92 bits per heavy atom. The summed E-state index contributed by atoms with van der Waals surface area (Å²) in [4.78, 5) is 0. The number of aliphatic hydroxyl groups is 1. The van der Waals surface area contributed by atoms with Gasteiger partial charge in [0, 0.05) is 37.7 Å². The second-order valence-corrected chi connectivity index (χ2v) is 2.49. The Labute approximate surface area is 99.4 Å². The Kier molecular flexibility index (Phi) is 12.9. The summed E-state index contributed by atoms with van der Waals surface area (Å²) < 4.78 is 5.27. The van der Waals surface area contributed by atoms with Gasteiger partial charge in [0.25, 0.3) is 0 Å². The molecule has 1 N–H and O–H groups in total. The van der Waals surface area contributed by atoms with E-state index >= 15 is 0 Å². The third-order valence-corrected chi connectivity index (χ3v) is 1.80. The van der Waals surface area contributed by atoms with Crippen LogP contribution < -0.4 is 0 Å². The zero-order chi connectivity index (χ0) is 8.69. The summed E-state index contributed by atoms with van der Waals surface area (Å²) in [7, 11) is 0. The van der Waals surface area contributed by atoms with E-state index in [1.165, 1.54) is 0 Å². The van der Waals surface area contributed by atoms with Gasteiger partial charge in [-0.05, 0) is 26.2 Å². The molecule has 0 radical (unpaired) electrons. The summed E-state index contributed by atoms with van der Waals surface area (Å²) in [6, 6.07) is 0. The van der Waals surface area contributed by atoms with Crippen molar-refractivity contribution >= 4 is 0 Å². The van der Waals surface area contributed by atoms with E-state index in [1.54, 1.807) is 0 Å². The first-order valence-electron chi connectivity index (χ1n) is 4.64. The zero-order valence-corrected chi connectivity index (χ0v) is 12.5. The predicted octanol–water partition coefficient (Wildman–Crippen LogP) is 1.96. The molecule has 3 heteroatoms. The van der Waals surface area contributed by atoms with E-state index in [2.05, 4.69) is 0 Å². The van der Waals surface area contributed by atoms with E-state index < -0.39 is 0 Å². The largest absolute Gasteiger partial charge is 0.390 e. The molecule has 0 saturated heterocycles. The number of rotatable bonds is 2. The Morgan fingerprint density at radius 3 is 2.25 bits per heavy atom. The van der Waals surface area contributed by atoms with Crippen LogP contribution in [-0.4, -0.2) is 23.9 Å². The summed E-state index contributed by atoms with van der Waals surface area (Å²) in [5, 5.41) is 9.20. The van der Waals surface area contributed by atoms with Crippen molar-refractivity contribution < 1.29 is 41.0 Å². The zero-order valence-electron chi connectivity index (χ0n) is 8.34. The average molecular weight is 398 g/mol. The van der Waals surface area contributed by atoms with Crippen molar-refractivity contribution in [2.75, 3.05) is 6.61 Å². The van der Waals surface area contributed by atoms with E-state index in [0.717, 1.165) is 25.9 Å². The van der Waals surface area contributed by atoms with Gasteiger partial charge in [-0.1, -0.05) is 13.8 Å². The van der Waals surface area contributed by atoms with Crippen LogP contribution in [0.3, 0.4) is 0 Å². The van der Waals surface area contributed by atoms with Crippen molar-refractivity contribution in [3.63, 3.8) is 0 Å². The van der Waals surface area contributed by atoms with Crippen molar-refractivity contribution in [2.24, 2.45) is 0 Å². The average Bonchev–Trinajstić information content (AvgIpc) is 2.42. The van der Waals surface area contributed by atoms with Crippen LogP contribution in [0.5, 0.6) is 0 Å². The van der Waals surface area contributed by atoms with Crippen molar-refractivity contribution in [1.29, 1.82) is 0 Å². The molecule has 1 aliphatic carbocycles. The normalized spacial score (nSPS) is 27.0. The van der Waals surface area contributed by atoms with Crippen molar-refractivity contribution in [3.8, 4) is 0 Å². The smallest absolute Gasteiger partial charge is 0.0833 e. The summed E-state index contributed by atoms with van der Waals surface area (Å²) >= 11 is 0. The number of hydrogen-bond acceptors (Lipinski definition) is 2. The summed E-state index contributed by atoms with van der Waals surface area (Å²) in [6.45, 7) is 6.69. The Bertz CT molecular complexity index is 88.6. The standard InChI is InChI=1S/C7H14O2.C2H6.U/c1-2-9-7-5-3-4-6(7)8;1-2;/h6-8H,2-5H2,1H3;1-2H3;/t6-,7-;;/m0../s1. The summed E-state index contributed by atoms with van der Waals surface area (Å²) in [6.07, 6.45) is 3.02. The van der Waals surface area contributed by atoms with E-state index in [-0.39, 0.29) is 43.3 Å². The van der Waals surface area contributed by atoms with Crippen LogP contribution in [0.15, 0.2) is 0 Å². The van der Waals surface area contributed by atoms with E-state index in [1.807, 2.05) is 20.8 Å². The molecular formula is C9H20O2U. The molecule has 0 bridgehead atoms. The van der Waals surface area contributed by atoms with Crippen LogP contribution in [-0.2, 0) is 4.74 Å². The third-order valence-electron chi connectivity index (χ3n) is 1.80. The van der Waals surface area contributed by atoms with Crippen LogP contribution >= 0.6 is 0 Å². The molecule has 1 rings (SSSR count). The second kappa shape index (κ2) is 10.1. The molecule has 0 aromatic rings. The minimum Gasteiger partial charge on any atom is -0.390 e. The molecule has 0 spiro atoms. The van der Waals surface area contributed by atoms with E-state index in [9.17, 15) is 5.11 Å². The van der Waals surface area contributed by atoms with E-state index in [0.29, 0.717) is 0 Å². The Balaban J connectivity index is 0. The molecular weight excluding hydrogens is 378 g/mol. The van der Waals surface area contributed by atoms with Gasteiger partial charge in [0.05, 0.1) is 12.2 Å². The third kappa shape index (κ3) is 5.59. The maximum atomic E-state index is 9.20. The predicted molar refractivity (Wildman–Crippen MR) is 46.6 cm³/mol. The molecule has 0 aromatic carbocycles. The van der Waals surface area contributed by atoms with Crippen LogP contribution in [0.25, 0.3) is 0 Å². The van der Waals surface area contributed by atoms with Crippen LogP contribution in [0, 0.1) is 31.1 Å². The fourth-order valence-corrected chi connectivity index (χ4v) is 1.31. The van der Waals surface area contributed by atoms with Gasteiger partial charge < -0.3 is 9.84 Å². The first kappa shape index (κ1) is 15.4. The number of aliphatic hydroxyl groups excluding tert-OH is 1. The van der Waals surface area contributed by atoms with Gasteiger partial charge in [-0.3, -0.25) is 0 Å². The van der Waals surface area contributed by atoms with Crippen molar-refractivity contribution in [2.45, 2.75) is 52.2 Å². The molecule has 0 aromatic heterocycles. The molecule has 0 unspecified atom stereocenters. The maximum Gasteiger partial charge on any atom is 0.0833 e. The summed E-state index contributed by atoms with van der Waals surface area (Å²) in [5.41, 5.74) is 0. The molecule has 72 valence electrons. The molecule has 0 aliphatic heterocycles. The molecule has 1 saturated carbocycles. The van der Waals surface area contributed by atoms with Crippen molar-refractivity contribution in [1.82, 2.24) is 0 Å². The van der Waals surface area contributed by atoms with Gasteiger partial charge in [-0.2, -0.15) is 0 Å². The van der Waals surface area contributed by atoms with Crippen LogP contribution in [0.4, 0.5) is 0 Å². The Morgan fingerprint density at radius 1 is 1.33 bits per heavy atom. The number of hydrogen-bond donors (Lipinski definition) is 1. The van der Waals surface area contributed by atoms with Gasteiger partial charge in [0.1, 0.15) is 0 Å². The molecule has 2 nitrogen and oxygen atoms in total. The minimum absolute atomic E-state index is 0. The monoisotopic (exact) mass is 398 g/mol.